The molecule has 6 heteroatoms. The molecule has 0 unspecified atom stereocenters. The van der Waals surface area contributed by atoms with E-state index < -0.39 is 5.97 Å². The molecule has 3 aromatic rings. The number of esters is 1. The van der Waals surface area contributed by atoms with E-state index in [1.165, 1.54) is 15.8 Å². The van der Waals surface area contributed by atoms with E-state index >= 15 is 0 Å². The van der Waals surface area contributed by atoms with Crippen LogP contribution in [-0.2, 0) is 18.2 Å². The Morgan fingerprint density at radius 1 is 1.15 bits per heavy atom. The minimum atomic E-state index is -0.648. The molecule has 1 aromatic heterocycles. The molecule has 0 bridgehead atoms. The topological polar surface area (TPSA) is 61.2 Å². The van der Waals surface area contributed by atoms with Gasteiger partial charge in [-0.1, -0.05) is 48.0 Å². The fourth-order valence-corrected chi connectivity index (χ4v) is 3.70. The van der Waals surface area contributed by atoms with Crippen molar-refractivity contribution >= 4 is 23.4 Å². The Balaban J connectivity index is 1.51. The zero-order valence-corrected chi connectivity index (χ0v) is 15.7. The van der Waals surface area contributed by atoms with Crippen molar-refractivity contribution in [3.05, 3.63) is 75.6 Å². The first-order chi connectivity index (χ1) is 13.0. The maximum Gasteiger partial charge on any atom is 0.343 e. The van der Waals surface area contributed by atoms with Crippen LogP contribution in [0.1, 0.15) is 37.5 Å². The lowest BCUT2D eigenvalue weighted by atomic mass is 10.0. The number of hydrogen-bond acceptors (Lipinski definition) is 4. The monoisotopic (exact) mass is 380 g/mol. The largest absolute Gasteiger partial charge is 0.454 e. The van der Waals surface area contributed by atoms with Gasteiger partial charge < -0.3 is 4.74 Å². The van der Waals surface area contributed by atoms with Gasteiger partial charge in [0.15, 0.2) is 12.4 Å². The number of rotatable bonds is 4. The molecule has 1 aliphatic rings. The lowest BCUT2D eigenvalue weighted by Gasteiger charge is -2.07. The Hall–Kier alpha value is -2.92. The van der Waals surface area contributed by atoms with E-state index in [0.717, 1.165) is 17.5 Å². The molecule has 5 nitrogen and oxygen atoms in total. The molecular weight excluding hydrogens is 364 g/mol. The summed E-state index contributed by atoms with van der Waals surface area (Å²) in [4.78, 5) is 24.8. The number of halogens is 1. The summed E-state index contributed by atoms with van der Waals surface area (Å²) >= 11 is 6.07. The number of aryl methyl sites for hydroxylation is 2. The maximum atomic E-state index is 12.5. The predicted molar refractivity (Wildman–Crippen MR) is 102 cm³/mol. The minimum absolute atomic E-state index is 0.190. The average Bonchev–Trinajstić information content (AvgIpc) is 3.15. The van der Waals surface area contributed by atoms with E-state index in [-0.39, 0.29) is 23.1 Å². The van der Waals surface area contributed by atoms with Crippen molar-refractivity contribution in [3.63, 3.8) is 0 Å². The molecule has 1 aliphatic carbocycles. The van der Waals surface area contributed by atoms with Crippen LogP contribution in [-0.4, -0.2) is 28.1 Å². The quantitative estimate of drug-likeness (QED) is 0.396. The molecule has 0 aliphatic heterocycles. The molecule has 4 rings (SSSR count). The van der Waals surface area contributed by atoms with Crippen molar-refractivity contribution in [2.45, 2.75) is 13.3 Å². The minimum Gasteiger partial charge on any atom is -0.454 e. The molecule has 1 heterocycles. The van der Waals surface area contributed by atoms with E-state index in [4.69, 9.17) is 16.3 Å². The number of hydrogen-bond donors (Lipinski definition) is 0. The molecule has 0 fully saturated rings. The van der Waals surface area contributed by atoms with E-state index in [0.29, 0.717) is 11.3 Å². The number of carbonyl (C=O) groups is 2. The Morgan fingerprint density at radius 2 is 1.89 bits per heavy atom. The summed E-state index contributed by atoms with van der Waals surface area (Å²) in [5.74, 6) is -0.904. The second kappa shape index (κ2) is 6.67. The number of fused-ring (bicyclic) bond motifs is 3. The maximum absolute atomic E-state index is 12.5. The fourth-order valence-electron chi connectivity index (χ4n) is 3.45. The number of ketones is 1. The van der Waals surface area contributed by atoms with Gasteiger partial charge in [-0.15, -0.1) is 0 Å². The van der Waals surface area contributed by atoms with Crippen LogP contribution < -0.4 is 0 Å². The first-order valence-electron chi connectivity index (χ1n) is 8.56. The smallest absolute Gasteiger partial charge is 0.343 e. The predicted octanol–water partition coefficient (Wildman–Crippen LogP) is 3.99. The van der Waals surface area contributed by atoms with Crippen molar-refractivity contribution in [1.29, 1.82) is 0 Å². The lowest BCUT2D eigenvalue weighted by Crippen LogP contribution is -2.15. The molecule has 0 amide bonds. The van der Waals surface area contributed by atoms with Gasteiger partial charge in [0.05, 0.1) is 5.69 Å². The molecule has 2 aromatic carbocycles. The van der Waals surface area contributed by atoms with Gasteiger partial charge in [0.1, 0.15) is 10.7 Å². The third kappa shape index (κ3) is 3.04. The molecule has 0 N–H and O–H groups in total. The van der Waals surface area contributed by atoms with Gasteiger partial charge in [-0.05, 0) is 41.7 Å². The molecule has 0 saturated carbocycles. The summed E-state index contributed by atoms with van der Waals surface area (Å²) < 4.78 is 6.58. The van der Waals surface area contributed by atoms with Crippen LogP contribution in [0.5, 0.6) is 0 Å². The summed E-state index contributed by atoms with van der Waals surface area (Å²) in [5.41, 5.74) is 5.84. The Labute approximate surface area is 161 Å². The Morgan fingerprint density at radius 3 is 2.63 bits per heavy atom. The van der Waals surface area contributed by atoms with E-state index in [1.54, 1.807) is 20.0 Å². The third-order valence-corrected chi connectivity index (χ3v) is 5.24. The number of aromatic nitrogens is 2. The van der Waals surface area contributed by atoms with Crippen LogP contribution in [0, 0.1) is 6.92 Å². The van der Waals surface area contributed by atoms with Crippen LogP contribution in [0.2, 0.25) is 5.15 Å². The fraction of sp³-hybridized carbons (Fsp3) is 0.190. The first-order valence-corrected chi connectivity index (χ1v) is 8.94. The van der Waals surface area contributed by atoms with Crippen molar-refractivity contribution in [2.24, 2.45) is 7.05 Å². The summed E-state index contributed by atoms with van der Waals surface area (Å²) in [6.07, 6.45) is 0.869. The molecule has 0 saturated heterocycles. The number of benzene rings is 2. The summed E-state index contributed by atoms with van der Waals surface area (Å²) in [6, 6.07) is 13.8. The van der Waals surface area contributed by atoms with Crippen LogP contribution in [0.3, 0.4) is 0 Å². The zero-order chi connectivity index (χ0) is 19.1. The zero-order valence-electron chi connectivity index (χ0n) is 15.0. The Kier molecular flexibility index (Phi) is 4.32. The van der Waals surface area contributed by atoms with Gasteiger partial charge in [-0.25, -0.2) is 4.79 Å². The van der Waals surface area contributed by atoms with Crippen LogP contribution in [0.15, 0.2) is 42.5 Å². The lowest BCUT2D eigenvalue weighted by molar-refractivity contribution is 0.0474. The second-order valence-corrected chi connectivity index (χ2v) is 6.94. The van der Waals surface area contributed by atoms with Crippen molar-refractivity contribution in [1.82, 2.24) is 9.78 Å². The van der Waals surface area contributed by atoms with Gasteiger partial charge in [0.2, 0.25) is 0 Å². The van der Waals surface area contributed by atoms with E-state index in [1.807, 2.05) is 24.3 Å². The molecule has 136 valence electrons. The summed E-state index contributed by atoms with van der Waals surface area (Å²) in [7, 11) is 1.64. The molecular formula is C21H17ClN2O3. The average molecular weight is 381 g/mol. The van der Waals surface area contributed by atoms with Crippen LogP contribution in [0.25, 0.3) is 11.1 Å². The SMILES string of the molecule is Cc1nn(C)c(Cl)c1C(=O)OCC(=O)c1ccc2c(c1)-c1ccccc1C2. The molecule has 0 atom stereocenters. The van der Waals surface area contributed by atoms with E-state index in [9.17, 15) is 9.59 Å². The van der Waals surface area contributed by atoms with Gasteiger partial charge in [-0.2, -0.15) is 5.10 Å². The number of Topliss-reactive ketones (excluding diaryl/α,β-unsaturated/α-hetero) is 1. The highest BCUT2D eigenvalue weighted by Gasteiger charge is 2.23. The third-order valence-electron chi connectivity index (χ3n) is 4.81. The van der Waals surface area contributed by atoms with Gasteiger partial charge >= 0.3 is 5.97 Å². The number of ether oxygens (including phenoxy) is 1. The highest BCUT2D eigenvalue weighted by molar-refractivity contribution is 6.32. The summed E-state index contributed by atoms with van der Waals surface area (Å²) in [6.45, 7) is 1.33. The molecule has 0 radical (unpaired) electrons. The highest BCUT2D eigenvalue weighted by atomic mass is 35.5. The van der Waals surface area contributed by atoms with Crippen molar-refractivity contribution in [3.8, 4) is 11.1 Å². The van der Waals surface area contributed by atoms with Crippen LogP contribution >= 0.6 is 11.6 Å². The van der Waals surface area contributed by atoms with Gasteiger partial charge in [-0.3, -0.25) is 9.48 Å². The Bertz CT molecular complexity index is 1090. The standard InChI is InChI=1S/C21H17ClN2O3/c1-12-19(20(22)24(2)23-12)21(26)27-11-18(25)15-8-7-14-9-13-5-3-4-6-16(13)17(14)10-15/h3-8,10H,9,11H2,1-2H3. The van der Waals surface area contributed by atoms with Crippen LogP contribution in [0.4, 0.5) is 0 Å². The number of nitrogens with zero attached hydrogens (tertiary/aromatic N) is 2. The first kappa shape index (κ1) is 17.5. The van der Waals surface area contributed by atoms with Gasteiger partial charge in [0.25, 0.3) is 0 Å². The normalized spacial score (nSPS) is 11.8. The van der Waals surface area contributed by atoms with Crippen molar-refractivity contribution < 1.29 is 14.3 Å². The van der Waals surface area contributed by atoms with E-state index in [2.05, 4.69) is 17.2 Å². The number of carbonyl (C=O) groups excluding carboxylic acids is 2. The second-order valence-electron chi connectivity index (χ2n) is 6.58. The summed E-state index contributed by atoms with van der Waals surface area (Å²) in [5, 5.41) is 4.27. The molecule has 27 heavy (non-hydrogen) atoms. The van der Waals surface area contributed by atoms with Gasteiger partial charge in [0, 0.05) is 12.6 Å². The molecule has 0 spiro atoms. The highest BCUT2D eigenvalue weighted by Crippen LogP contribution is 2.36. The van der Waals surface area contributed by atoms with Crippen molar-refractivity contribution in [2.75, 3.05) is 6.61 Å².